The number of esters is 1. The van der Waals surface area contributed by atoms with Crippen LogP contribution in [0.4, 0.5) is 0 Å². The minimum absolute atomic E-state index is 0.306. The van der Waals surface area contributed by atoms with Gasteiger partial charge in [-0.1, -0.05) is 12.1 Å². The molecule has 0 bridgehead atoms. The van der Waals surface area contributed by atoms with Crippen LogP contribution in [0.5, 0.6) is 11.5 Å². The van der Waals surface area contributed by atoms with Crippen molar-refractivity contribution in [2.24, 2.45) is 0 Å². The van der Waals surface area contributed by atoms with Crippen LogP contribution in [0.15, 0.2) is 45.3 Å². The second-order valence-electron chi connectivity index (χ2n) is 5.67. The van der Waals surface area contributed by atoms with Gasteiger partial charge in [0.15, 0.2) is 0 Å². The minimum Gasteiger partial charge on any atom is -0.497 e. The van der Waals surface area contributed by atoms with Crippen molar-refractivity contribution in [3.63, 3.8) is 0 Å². The van der Waals surface area contributed by atoms with Gasteiger partial charge in [0, 0.05) is 5.39 Å². The molecule has 0 aliphatic carbocycles. The molecule has 0 N–H and O–H groups in total. The highest BCUT2D eigenvalue weighted by molar-refractivity contribution is 9.10. The fourth-order valence-corrected chi connectivity index (χ4v) is 3.15. The summed E-state index contributed by atoms with van der Waals surface area (Å²) in [7, 11) is 1.63. The lowest BCUT2D eigenvalue weighted by atomic mass is 10.1. The molecule has 0 atom stereocenters. The van der Waals surface area contributed by atoms with E-state index in [-0.39, 0.29) is 0 Å². The van der Waals surface area contributed by atoms with Crippen LogP contribution in [0, 0.1) is 6.92 Å². The Morgan fingerprint density at radius 3 is 2.77 bits per heavy atom. The number of aryl methyl sites for hydroxylation is 1. The third-order valence-corrected chi connectivity index (χ3v) is 4.55. The van der Waals surface area contributed by atoms with Crippen molar-refractivity contribution in [1.29, 1.82) is 0 Å². The zero-order valence-electron chi connectivity index (χ0n) is 14.8. The van der Waals surface area contributed by atoms with Gasteiger partial charge in [0.05, 0.1) is 18.2 Å². The van der Waals surface area contributed by atoms with Gasteiger partial charge in [-0.05, 0) is 59.6 Å². The lowest BCUT2D eigenvalue weighted by molar-refractivity contribution is 0.0526. The molecule has 1 aromatic heterocycles. The number of halogens is 1. The number of benzene rings is 2. The van der Waals surface area contributed by atoms with Crippen molar-refractivity contribution in [2.75, 3.05) is 13.7 Å². The summed E-state index contributed by atoms with van der Waals surface area (Å²) < 4.78 is 22.7. The first-order chi connectivity index (χ1) is 12.5. The number of fused-ring (bicyclic) bond motifs is 1. The molecule has 0 saturated carbocycles. The van der Waals surface area contributed by atoms with Crippen molar-refractivity contribution in [2.45, 2.75) is 20.5 Å². The van der Waals surface area contributed by atoms with E-state index >= 15 is 0 Å². The fourth-order valence-electron chi connectivity index (χ4n) is 2.71. The SMILES string of the molecule is CCOC(=O)c1c(C)oc2cc(Br)c(OCc3cccc(OC)c3)cc12. The van der Waals surface area contributed by atoms with E-state index in [1.165, 1.54) is 0 Å². The second kappa shape index (κ2) is 7.83. The summed E-state index contributed by atoms with van der Waals surface area (Å²) in [5, 5.41) is 0.671. The minimum atomic E-state index is -0.398. The molecule has 0 spiro atoms. The second-order valence-corrected chi connectivity index (χ2v) is 6.53. The summed E-state index contributed by atoms with van der Waals surface area (Å²) in [4.78, 5) is 12.2. The zero-order chi connectivity index (χ0) is 18.7. The Balaban J connectivity index is 1.91. The number of ether oxygens (including phenoxy) is 3. The van der Waals surface area contributed by atoms with Gasteiger partial charge in [-0.25, -0.2) is 4.79 Å². The summed E-state index contributed by atoms with van der Waals surface area (Å²) in [6.07, 6.45) is 0. The van der Waals surface area contributed by atoms with E-state index in [4.69, 9.17) is 18.6 Å². The maximum Gasteiger partial charge on any atom is 0.342 e. The normalized spacial score (nSPS) is 10.8. The molecule has 2 aromatic carbocycles. The van der Waals surface area contributed by atoms with E-state index in [0.29, 0.717) is 41.3 Å². The fraction of sp³-hybridized carbons (Fsp3) is 0.250. The maximum atomic E-state index is 12.2. The first-order valence-corrected chi connectivity index (χ1v) is 8.98. The molecule has 0 aliphatic rings. The lowest BCUT2D eigenvalue weighted by Gasteiger charge is -2.10. The van der Waals surface area contributed by atoms with E-state index in [0.717, 1.165) is 15.8 Å². The van der Waals surface area contributed by atoms with E-state index < -0.39 is 5.97 Å². The molecule has 0 fully saturated rings. The molecule has 26 heavy (non-hydrogen) atoms. The van der Waals surface area contributed by atoms with Crippen LogP contribution in [-0.2, 0) is 11.3 Å². The molecule has 3 rings (SSSR count). The number of hydrogen-bond acceptors (Lipinski definition) is 5. The number of rotatable bonds is 6. The first-order valence-electron chi connectivity index (χ1n) is 8.19. The molecule has 0 radical (unpaired) electrons. The Hall–Kier alpha value is -2.47. The Kier molecular flexibility index (Phi) is 5.52. The van der Waals surface area contributed by atoms with Crippen LogP contribution in [-0.4, -0.2) is 19.7 Å². The smallest absolute Gasteiger partial charge is 0.342 e. The monoisotopic (exact) mass is 418 g/mol. The van der Waals surface area contributed by atoms with Gasteiger partial charge < -0.3 is 18.6 Å². The lowest BCUT2D eigenvalue weighted by Crippen LogP contribution is -2.05. The molecule has 0 amide bonds. The number of carbonyl (C=O) groups is 1. The molecule has 136 valence electrons. The van der Waals surface area contributed by atoms with Gasteiger partial charge in [0.25, 0.3) is 0 Å². The van der Waals surface area contributed by atoms with Crippen LogP contribution >= 0.6 is 15.9 Å². The van der Waals surface area contributed by atoms with Crippen LogP contribution in [0.25, 0.3) is 11.0 Å². The summed E-state index contributed by atoms with van der Waals surface area (Å²) >= 11 is 3.49. The largest absolute Gasteiger partial charge is 0.497 e. The summed E-state index contributed by atoms with van der Waals surface area (Å²) in [6.45, 7) is 4.19. The van der Waals surface area contributed by atoms with Gasteiger partial charge in [-0.15, -0.1) is 0 Å². The number of methoxy groups -OCH3 is 1. The quantitative estimate of drug-likeness (QED) is 0.510. The summed E-state index contributed by atoms with van der Waals surface area (Å²) in [5.74, 6) is 1.52. The van der Waals surface area contributed by atoms with E-state index in [2.05, 4.69) is 15.9 Å². The van der Waals surface area contributed by atoms with Crippen molar-refractivity contribution in [3.05, 3.63) is 57.8 Å². The molecule has 1 heterocycles. The van der Waals surface area contributed by atoms with Crippen LogP contribution in [0.3, 0.4) is 0 Å². The highest BCUT2D eigenvalue weighted by Crippen LogP contribution is 2.35. The molecule has 3 aromatic rings. The van der Waals surface area contributed by atoms with Gasteiger partial charge in [0.1, 0.15) is 35.0 Å². The van der Waals surface area contributed by atoms with E-state index in [1.807, 2.05) is 24.3 Å². The van der Waals surface area contributed by atoms with Crippen LogP contribution in [0.2, 0.25) is 0 Å². The van der Waals surface area contributed by atoms with Gasteiger partial charge in [-0.2, -0.15) is 0 Å². The van der Waals surface area contributed by atoms with Crippen LogP contribution in [0.1, 0.15) is 28.6 Å². The average molecular weight is 419 g/mol. The summed E-state index contributed by atoms with van der Waals surface area (Å²) in [6, 6.07) is 11.3. The molecule has 5 nitrogen and oxygen atoms in total. The van der Waals surface area contributed by atoms with Gasteiger partial charge in [0.2, 0.25) is 0 Å². The molecule has 0 unspecified atom stereocenters. The van der Waals surface area contributed by atoms with Crippen molar-refractivity contribution < 1.29 is 23.4 Å². The Morgan fingerprint density at radius 1 is 1.23 bits per heavy atom. The average Bonchev–Trinajstić information content (AvgIpc) is 2.94. The predicted octanol–water partition coefficient (Wildman–Crippen LogP) is 5.27. The molecular weight excluding hydrogens is 400 g/mol. The van der Waals surface area contributed by atoms with E-state index in [1.54, 1.807) is 33.1 Å². The van der Waals surface area contributed by atoms with Gasteiger partial charge in [-0.3, -0.25) is 0 Å². The Bertz CT molecular complexity index is 945. The highest BCUT2D eigenvalue weighted by atomic mass is 79.9. The number of carbonyl (C=O) groups excluding carboxylic acids is 1. The number of furan rings is 1. The Labute approximate surface area is 160 Å². The third-order valence-electron chi connectivity index (χ3n) is 3.93. The topological polar surface area (TPSA) is 57.9 Å². The first kappa shape index (κ1) is 18.3. The highest BCUT2D eigenvalue weighted by Gasteiger charge is 2.21. The third kappa shape index (κ3) is 3.70. The molecule has 6 heteroatoms. The standard InChI is InChI=1S/C20H19BrO5/c1-4-24-20(22)19-12(2)26-17-10-16(21)18(9-15(17)19)25-11-13-6-5-7-14(8-13)23-3/h5-10H,4,11H2,1-3H3. The number of hydrogen-bond donors (Lipinski definition) is 0. The maximum absolute atomic E-state index is 12.2. The molecule has 0 aliphatic heterocycles. The molecular formula is C20H19BrO5. The van der Waals surface area contributed by atoms with Gasteiger partial charge >= 0.3 is 5.97 Å². The van der Waals surface area contributed by atoms with Crippen molar-refractivity contribution >= 4 is 32.9 Å². The zero-order valence-corrected chi connectivity index (χ0v) is 16.4. The molecule has 0 saturated heterocycles. The summed E-state index contributed by atoms with van der Waals surface area (Å²) in [5.41, 5.74) is 2.01. The Morgan fingerprint density at radius 2 is 2.04 bits per heavy atom. The predicted molar refractivity (Wildman–Crippen MR) is 102 cm³/mol. The van der Waals surface area contributed by atoms with E-state index in [9.17, 15) is 4.79 Å². The van der Waals surface area contributed by atoms with Crippen molar-refractivity contribution in [1.82, 2.24) is 0 Å². The van der Waals surface area contributed by atoms with Crippen molar-refractivity contribution in [3.8, 4) is 11.5 Å². The van der Waals surface area contributed by atoms with Crippen LogP contribution < -0.4 is 9.47 Å².